The highest BCUT2D eigenvalue weighted by atomic mass is 32.2. The molecule has 1 saturated carbocycles. The Labute approximate surface area is 163 Å². The Hall–Kier alpha value is -1.60. The molecule has 1 aliphatic carbocycles. The summed E-state index contributed by atoms with van der Waals surface area (Å²) in [5, 5.41) is 2.63. The Kier molecular flexibility index (Phi) is 6.92. The van der Waals surface area contributed by atoms with Crippen LogP contribution in [0.4, 0.5) is 5.69 Å². The molecule has 7 heteroatoms. The molecule has 1 aromatic carbocycles. The number of amides is 1. The Bertz CT molecular complexity index is 766. The van der Waals surface area contributed by atoms with E-state index < -0.39 is 10.0 Å². The van der Waals surface area contributed by atoms with Gasteiger partial charge in [-0.05, 0) is 49.1 Å². The third kappa shape index (κ3) is 5.45. The summed E-state index contributed by atoms with van der Waals surface area (Å²) in [5.41, 5.74) is 0.753. The van der Waals surface area contributed by atoms with E-state index in [1.807, 2.05) is 0 Å². The molecular formula is C20H32N2O4S. The zero-order valence-corrected chi connectivity index (χ0v) is 17.8. The number of carbonyl (C=O) groups excluding carboxylic acids is 1. The Morgan fingerprint density at radius 2 is 1.85 bits per heavy atom. The van der Waals surface area contributed by atoms with E-state index in [0.29, 0.717) is 22.8 Å². The molecular weight excluding hydrogens is 364 g/mol. The second-order valence-electron chi connectivity index (χ2n) is 8.06. The van der Waals surface area contributed by atoms with Gasteiger partial charge in [-0.15, -0.1) is 0 Å². The second kappa shape index (κ2) is 8.61. The van der Waals surface area contributed by atoms with E-state index in [1.165, 1.54) is 26.2 Å². The molecule has 1 amide bonds. The van der Waals surface area contributed by atoms with Gasteiger partial charge in [-0.2, -0.15) is 0 Å². The van der Waals surface area contributed by atoms with Crippen LogP contribution in [-0.2, 0) is 14.8 Å². The van der Waals surface area contributed by atoms with Crippen LogP contribution in [0.5, 0.6) is 5.75 Å². The maximum atomic E-state index is 12.8. The number of benzene rings is 1. The molecule has 0 atom stereocenters. The van der Waals surface area contributed by atoms with Gasteiger partial charge in [0.2, 0.25) is 15.9 Å². The number of sulfonamides is 1. The summed E-state index contributed by atoms with van der Waals surface area (Å²) >= 11 is 0. The standard InChI is InChI=1S/C20H32N2O4S/c1-6-20(3,4)15-7-9-16(10-8-15)22-27(24,25)17-11-12-18(21-14(2)23)19(13-17)26-5/h11-13,15-16,22H,6-10H2,1-5H3,(H,21,23). The molecule has 27 heavy (non-hydrogen) atoms. The van der Waals surface area contributed by atoms with Crippen LogP contribution >= 0.6 is 0 Å². The number of nitrogens with one attached hydrogen (secondary N) is 2. The highest BCUT2D eigenvalue weighted by Gasteiger charge is 2.33. The molecule has 0 spiro atoms. The van der Waals surface area contributed by atoms with E-state index in [1.54, 1.807) is 6.07 Å². The summed E-state index contributed by atoms with van der Waals surface area (Å²) < 4.78 is 33.6. The first-order chi connectivity index (χ1) is 12.6. The van der Waals surface area contributed by atoms with Crippen LogP contribution in [0.1, 0.15) is 59.8 Å². The lowest BCUT2D eigenvalue weighted by molar-refractivity contribution is -0.114. The first-order valence-electron chi connectivity index (χ1n) is 9.57. The van der Waals surface area contributed by atoms with E-state index >= 15 is 0 Å². The monoisotopic (exact) mass is 396 g/mol. The van der Waals surface area contributed by atoms with Crippen LogP contribution in [0.2, 0.25) is 0 Å². The lowest BCUT2D eigenvalue weighted by Gasteiger charge is -2.39. The van der Waals surface area contributed by atoms with Crippen LogP contribution in [-0.4, -0.2) is 27.5 Å². The van der Waals surface area contributed by atoms with Gasteiger partial charge in [0.05, 0.1) is 17.7 Å². The van der Waals surface area contributed by atoms with Crippen molar-refractivity contribution in [2.75, 3.05) is 12.4 Å². The van der Waals surface area contributed by atoms with Crippen molar-refractivity contribution in [3.8, 4) is 5.75 Å². The van der Waals surface area contributed by atoms with Crippen LogP contribution in [0, 0.1) is 11.3 Å². The van der Waals surface area contributed by atoms with Gasteiger partial charge in [-0.25, -0.2) is 13.1 Å². The minimum Gasteiger partial charge on any atom is -0.495 e. The van der Waals surface area contributed by atoms with Gasteiger partial charge < -0.3 is 10.1 Å². The molecule has 0 aromatic heterocycles. The second-order valence-corrected chi connectivity index (χ2v) is 9.77. The summed E-state index contributed by atoms with van der Waals surface area (Å²) in [4.78, 5) is 11.4. The summed E-state index contributed by atoms with van der Waals surface area (Å²) in [5.74, 6) is 0.718. The summed E-state index contributed by atoms with van der Waals surface area (Å²) in [6.45, 7) is 8.20. The van der Waals surface area contributed by atoms with E-state index in [4.69, 9.17) is 4.74 Å². The van der Waals surface area contributed by atoms with Crippen LogP contribution < -0.4 is 14.8 Å². The Morgan fingerprint density at radius 1 is 1.22 bits per heavy atom. The largest absolute Gasteiger partial charge is 0.495 e. The maximum absolute atomic E-state index is 12.8. The predicted octanol–water partition coefficient (Wildman–Crippen LogP) is 3.93. The molecule has 0 unspecified atom stereocenters. The molecule has 2 rings (SSSR count). The SMILES string of the molecule is CCC(C)(C)C1CCC(NS(=O)(=O)c2ccc(NC(C)=O)c(OC)c2)CC1. The summed E-state index contributed by atoms with van der Waals surface area (Å²) in [6.07, 6.45) is 4.93. The molecule has 1 fully saturated rings. The number of hydrogen-bond acceptors (Lipinski definition) is 4. The van der Waals surface area contributed by atoms with Gasteiger partial charge in [0.25, 0.3) is 0 Å². The van der Waals surface area contributed by atoms with E-state index in [9.17, 15) is 13.2 Å². The minimum atomic E-state index is -3.64. The summed E-state index contributed by atoms with van der Waals surface area (Å²) in [6, 6.07) is 4.44. The van der Waals surface area contributed by atoms with Crippen molar-refractivity contribution >= 4 is 21.6 Å². The van der Waals surface area contributed by atoms with Crippen molar-refractivity contribution in [2.24, 2.45) is 11.3 Å². The molecule has 1 aliphatic rings. The van der Waals surface area contributed by atoms with Gasteiger partial charge >= 0.3 is 0 Å². The minimum absolute atomic E-state index is 0.0417. The van der Waals surface area contributed by atoms with E-state index in [-0.39, 0.29) is 16.8 Å². The van der Waals surface area contributed by atoms with Gasteiger partial charge in [0.15, 0.2) is 0 Å². The molecule has 6 nitrogen and oxygen atoms in total. The molecule has 0 aliphatic heterocycles. The number of ether oxygens (including phenoxy) is 1. The molecule has 0 saturated heterocycles. The predicted molar refractivity (Wildman–Crippen MR) is 107 cm³/mol. The Morgan fingerprint density at radius 3 is 2.37 bits per heavy atom. The van der Waals surface area contributed by atoms with Crippen LogP contribution in [0.15, 0.2) is 23.1 Å². The van der Waals surface area contributed by atoms with Crippen molar-refractivity contribution in [2.45, 2.75) is 70.7 Å². The number of anilines is 1. The van der Waals surface area contributed by atoms with Gasteiger partial charge in [-0.3, -0.25) is 4.79 Å². The third-order valence-electron chi connectivity index (χ3n) is 5.86. The van der Waals surface area contributed by atoms with E-state index in [0.717, 1.165) is 32.1 Å². The van der Waals surface area contributed by atoms with Crippen molar-refractivity contribution in [1.82, 2.24) is 4.72 Å². The van der Waals surface area contributed by atoms with Gasteiger partial charge in [-0.1, -0.05) is 27.2 Å². The molecule has 2 N–H and O–H groups in total. The van der Waals surface area contributed by atoms with Crippen molar-refractivity contribution in [3.05, 3.63) is 18.2 Å². The molecule has 0 bridgehead atoms. The average molecular weight is 397 g/mol. The smallest absolute Gasteiger partial charge is 0.240 e. The fraction of sp³-hybridized carbons (Fsp3) is 0.650. The normalized spacial score (nSPS) is 20.9. The zero-order chi connectivity index (χ0) is 20.2. The number of methoxy groups -OCH3 is 1. The van der Waals surface area contributed by atoms with Crippen LogP contribution in [0.3, 0.4) is 0 Å². The first-order valence-corrected chi connectivity index (χ1v) is 11.1. The first kappa shape index (κ1) is 21.7. The highest BCUT2D eigenvalue weighted by Crippen LogP contribution is 2.40. The van der Waals surface area contributed by atoms with Gasteiger partial charge in [0, 0.05) is 19.0 Å². The zero-order valence-electron chi connectivity index (χ0n) is 17.0. The van der Waals surface area contributed by atoms with E-state index in [2.05, 4.69) is 30.8 Å². The van der Waals surface area contributed by atoms with Crippen molar-refractivity contribution < 1.29 is 17.9 Å². The lowest BCUT2D eigenvalue weighted by atomic mass is 9.69. The summed E-state index contributed by atoms with van der Waals surface area (Å²) in [7, 11) is -2.19. The fourth-order valence-electron chi connectivity index (χ4n) is 3.70. The van der Waals surface area contributed by atoms with Gasteiger partial charge in [0.1, 0.15) is 5.75 Å². The molecule has 0 heterocycles. The quantitative estimate of drug-likeness (QED) is 0.731. The van der Waals surface area contributed by atoms with Crippen molar-refractivity contribution in [1.29, 1.82) is 0 Å². The third-order valence-corrected chi connectivity index (χ3v) is 7.38. The number of carbonyl (C=O) groups is 1. The maximum Gasteiger partial charge on any atom is 0.240 e. The molecule has 0 radical (unpaired) electrons. The Balaban J connectivity index is 2.08. The molecule has 1 aromatic rings. The average Bonchev–Trinajstić information content (AvgIpc) is 2.61. The van der Waals surface area contributed by atoms with Crippen molar-refractivity contribution in [3.63, 3.8) is 0 Å². The highest BCUT2D eigenvalue weighted by molar-refractivity contribution is 7.89. The fourth-order valence-corrected chi connectivity index (χ4v) is 5.02. The lowest BCUT2D eigenvalue weighted by Crippen LogP contribution is -2.39. The topological polar surface area (TPSA) is 84.5 Å². The number of hydrogen-bond donors (Lipinski definition) is 2. The number of rotatable bonds is 7. The molecule has 152 valence electrons. The van der Waals surface area contributed by atoms with Crippen LogP contribution in [0.25, 0.3) is 0 Å².